The number of ether oxygens (including phenoxy) is 3. The number of fused-ring (bicyclic) bond motifs is 2. The van der Waals surface area contributed by atoms with Gasteiger partial charge in [0, 0.05) is 26.2 Å². The first-order chi connectivity index (χ1) is 17.3. The van der Waals surface area contributed by atoms with Crippen LogP contribution < -0.4 is 15.0 Å². The maximum atomic E-state index is 12.4. The predicted octanol–water partition coefficient (Wildman–Crippen LogP) is 4.92. The van der Waals surface area contributed by atoms with Crippen LogP contribution in [0.3, 0.4) is 0 Å². The van der Waals surface area contributed by atoms with Crippen LogP contribution in [0.1, 0.15) is 57.8 Å². The average Bonchev–Trinajstić information content (AvgIpc) is 3.04. The highest BCUT2D eigenvalue weighted by Crippen LogP contribution is 2.43. The van der Waals surface area contributed by atoms with Crippen molar-refractivity contribution >= 4 is 29.0 Å². The number of rotatable bonds is 3. The molecule has 36 heavy (non-hydrogen) atoms. The standard InChI is InChI=1S/C27H35N5O4/c1-5-21-23-24(28-17-29-25(23)31-12-14-34-15-13-31)30-20-16-19(6-7-22(20)35-21)18-8-10-32(11-9-18)26(33)36-27(2,3)4/h6-8,16-17,21H,5,9-15H2,1-4H3,(H,28,29,30). The quantitative estimate of drug-likeness (QED) is 0.644. The summed E-state index contributed by atoms with van der Waals surface area (Å²) in [7, 11) is 0. The Morgan fingerprint density at radius 3 is 2.69 bits per heavy atom. The van der Waals surface area contributed by atoms with Crippen molar-refractivity contribution in [3.05, 3.63) is 41.7 Å². The first kappa shape index (κ1) is 24.4. The second kappa shape index (κ2) is 9.97. The fourth-order valence-electron chi connectivity index (χ4n) is 4.79. The van der Waals surface area contributed by atoms with E-state index in [1.165, 1.54) is 5.57 Å². The van der Waals surface area contributed by atoms with Crippen LogP contribution in [0.2, 0.25) is 0 Å². The van der Waals surface area contributed by atoms with Gasteiger partial charge in [-0.15, -0.1) is 0 Å². The molecule has 3 aliphatic rings. The maximum Gasteiger partial charge on any atom is 0.410 e. The van der Waals surface area contributed by atoms with E-state index in [2.05, 4.69) is 45.3 Å². The molecule has 9 nitrogen and oxygen atoms in total. The lowest BCUT2D eigenvalue weighted by molar-refractivity contribution is 0.0270. The molecule has 1 amide bonds. The molecule has 0 radical (unpaired) electrons. The number of hydrogen-bond donors (Lipinski definition) is 1. The van der Waals surface area contributed by atoms with E-state index in [9.17, 15) is 4.79 Å². The van der Waals surface area contributed by atoms with Crippen molar-refractivity contribution in [3.8, 4) is 5.75 Å². The molecule has 0 aliphatic carbocycles. The van der Waals surface area contributed by atoms with E-state index in [4.69, 9.17) is 14.2 Å². The van der Waals surface area contributed by atoms with Gasteiger partial charge in [-0.2, -0.15) is 0 Å². The van der Waals surface area contributed by atoms with Crippen molar-refractivity contribution in [2.45, 2.75) is 52.2 Å². The highest BCUT2D eigenvalue weighted by molar-refractivity contribution is 5.78. The molecular weight excluding hydrogens is 458 g/mol. The molecule has 2 aromatic rings. The predicted molar refractivity (Wildman–Crippen MR) is 139 cm³/mol. The lowest BCUT2D eigenvalue weighted by atomic mass is 9.99. The zero-order chi connectivity index (χ0) is 25.3. The summed E-state index contributed by atoms with van der Waals surface area (Å²) in [5, 5.41) is 3.53. The first-order valence-electron chi connectivity index (χ1n) is 12.7. The van der Waals surface area contributed by atoms with E-state index in [-0.39, 0.29) is 12.2 Å². The van der Waals surface area contributed by atoms with Gasteiger partial charge >= 0.3 is 6.09 Å². The Hall–Kier alpha value is -3.33. The van der Waals surface area contributed by atoms with Gasteiger partial charge in [-0.25, -0.2) is 14.8 Å². The Balaban J connectivity index is 1.40. The molecule has 3 aliphatic heterocycles. The van der Waals surface area contributed by atoms with Crippen molar-refractivity contribution in [1.82, 2.24) is 14.9 Å². The summed E-state index contributed by atoms with van der Waals surface area (Å²) in [6.07, 6.45) is 4.85. The van der Waals surface area contributed by atoms with E-state index < -0.39 is 5.60 Å². The molecule has 0 spiro atoms. The third-order valence-corrected chi connectivity index (χ3v) is 6.60. The van der Waals surface area contributed by atoms with Gasteiger partial charge in [0.25, 0.3) is 0 Å². The van der Waals surface area contributed by atoms with Crippen LogP contribution in [0, 0.1) is 0 Å². The maximum absolute atomic E-state index is 12.4. The van der Waals surface area contributed by atoms with Crippen molar-refractivity contribution in [1.29, 1.82) is 0 Å². The number of morpholine rings is 1. The van der Waals surface area contributed by atoms with Gasteiger partial charge in [0.15, 0.2) is 0 Å². The van der Waals surface area contributed by atoms with Gasteiger partial charge in [0.05, 0.1) is 24.5 Å². The van der Waals surface area contributed by atoms with Crippen LogP contribution in [-0.2, 0) is 9.47 Å². The topological polar surface area (TPSA) is 89.0 Å². The van der Waals surface area contributed by atoms with E-state index >= 15 is 0 Å². The summed E-state index contributed by atoms with van der Waals surface area (Å²) in [5.74, 6) is 2.49. The number of benzene rings is 1. The zero-order valence-electron chi connectivity index (χ0n) is 21.5. The average molecular weight is 494 g/mol. The highest BCUT2D eigenvalue weighted by Gasteiger charge is 2.30. The lowest BCUT2D eigenvalue weighted by Gasteiger charge is -2.31. The van der Waals surface area contributed by atoms with Crippen molar-refractivity contribution in [2.24, 2.45) is 0 Å². The first-order valence-corrected chi connectivity index (χ1v) is 12.7. The van der Waals surface area contributed by atoms with E-state index in [1.54, 1.807) is 11.2 Å². The van der Waals surface area contributed by atoms with Crippen LogP contribution in [0.15, 0.2) is 30.6 Å². The summed E-state index contributed by atoms with van der Waals surface area (Å²) in [5.41, 5.74) is 3.68. The molecule has 1 saturated heterocycles. The summed E-state index contributed by atoms with van der Waals surface area (Å²) in [6, 6.07) is 6.23. The highest BCUT2D eigenvalue weighted by atomic mass is 16.6. The number of anilines is 3. The number of nitrogens with one attached hydrogen (secondary N) is 1. The smallest absolute Gasteiger partial charge is 0.410 e. The normalized spacial score (nSPS) is 19.8. The largest absolute Gasteiger partial charge is 0.483 e. The van der Waals surface area contributed by atoms with E-state index in [0.29, 0.717) is 26.3 Å². The molecule has 0 saturated carbocycles. The van der Waals surface area contributed by atoms with Crippen molar-refractivity contribution < 1.29 is 19.0 Å². The Bertz CT molecular complexity index is 1150. The molecule has 1 aromatic heterocycles. The molecule has 1 aromatic carbocycles. The molecule has 4 heterocycles. The molecule has 5 rings (SSSR count). The molecule has 1 N–H and O–H groups in total. The third kappa shape index (κ3) is 5.11. The number of aromatic nitrogens is 2. The summed E-state index contributed by atoms with van der Waals surface area (Å²) < 4.78 is 17.6. The van der Waals surface area contributed by atoms with Crippen LogP contribution in [0.5, 0.6) is 5.75 Å². The number of carbonyl (C=O) groups is 1. The number of nitrogens with zero attached hydrogens (tertiary/aromatic N) is 4. The molecule has 9 heteroatoms. The van der Waals surface area contributed by atoms with Gasteiger partial charge < -0.3 is 29.3 Å². The monoisotopic (exact) mass is 493 g/mol. The van der Waals surface area contributed by atoms with Gasteiger partial charge in [-0.1, -0.05) is 19.1 Å². The van der Waals surface area contributed by atoms with Crippen molar-refractivity contribution in [2.75, 3.05) is 49.6 Å². The van der Waals surface area contributed by atoms with Gasteiger partial charge in [0.1, 0.15) is 35.4 Å². The van der Waals surface area contributed by atoms with E-state index in [1.807, 2.05) is 26.8 Å². The van der Waals surface area contributed by atoms with E-state index in [0.717, 1.165) is 60.1 Å². The minimum atomic E-state index is -0.498. The lowest BCUT2D eigenvalue weighted by Crippen LogP contribution is -2.39. The summed E-state index contributed by atoms with van der Waals surface area (Å²) in [6.45, 7) is 11.9. The second-order valence-corrected chi connectivity index (χ2v) is 10.3. The molecule has 1 unspecified atom stereocenters. The Morgan fingerprint density at radius 2 is 2.00 bits per heavy atom. The van der Waals surface area contributed by atoms with Gasteiger partial charge in [-0.05, 0) is 56.9 Å². The van der Waals surface area contributed by atoms with Crippen molar-refractivity contribution in [3.63, 3.8) is 0 Å². The van der Waals surface area contributed by atoms with Crippen LogP contribution in [-0.4, -0.2) is 66.0 Å². The SMILES string of the molecule is CCC1Oc2ccc(C3=CCN(C(=O)OC(C)(C)C)CC3)cc2Nc2ncnc(N3CCOCC3)c21. The van der Waals surface area contributed by atoms with Crippen LogP contribution in [0.25, 0.3) is 5.57 Å². The Morgan fingerprint density at radius 1 is 1.19 bits per heavy atom. The molecule has 1 fully saturated rings. The number of hydrogen-bond acceptors (Lipinski definition) is 8. The Labute approximate surface area is 212 Å². The fraction of sp³-hybridized carbons (Fsp3) is 0.519. The van der Waals surface area contributed by atoms with Gasteiger partial charge in [0.2, 0.25) is 0 Å². The van der Waals surface area contributed by atoms with Crippen LogP contribution >= 0.6 is 0 Å². The fourth-order valence-corrected chi connectivity index (χ4v) is 4.79. The Kier molecular flexibility index (Phi) is 6.75. The molecule has 192 valence electrons. The summed E-state index contributed by atoms with van der Waals surface area (Å²) >= 11 is 0. The molecular formula is C27H35N5O4. The zero-order valence-corrected chi connectivity index (χ0v) is 21.5. The number of amides is 1. The van der Waals surface area contributed by atoms with Gasteiger partial charge in [-0.3, -0.25) is 0 Å². The molecule has 1 atom stereocenters. The molecule has 0 bridgehead atoms. The summed E-state index contributed by atoms with van der Waals surface area (Å²) in [4.78, 5) is 25.7. The second-order valence-electron chi connectivity index (χ2n) is 10.3. The third-order valence-electron chi connectivity index (χ3n) is 6.60. The number of carbonyl (C=O) groups excluding carboxylic acids is 1. The minimum Gasteiger partial charge on any atom is -0.483 e. The van der Waals surface area contributed by atoms with Crippen LogP contribution in [0.4, 0.5) is 22.1 Å². The minimum absolute atomic E-state index is 0.157.